The van der Waals surface area contributed by atoms with Crippen LogP contribution in [0.25, 0.3) is 6.08 Å². The van der Waals surface area contributed by atoms with Gasteiger partial charge in [-0.25, -0.2) is 4.79 Å². The summed E-state index contributed by atoms with van der Waals surface area (Å²) < 4.78 is 10.6. The van der Waals surface area contributed by atoms with Crippen LogP contribution in [-0.2, 0) is 4.79 Å². The van der Waals surface area contributed by atoms with E-state index in [1.54, 1.807) is 48.5 Å². The number of carbonyl (C=O) groups excluding carboxylic acids is 1. The van der Waals surface area contributed by atoms with Gasteiger partial charge in [-0.05, 0) is 54.5 Å². The lowest BCUT2D eigenvalue weighted by Crippen LogP contribution is -2.10. The van der Waals surface area contributed by atoms with E-state index in [1.807, 2.05) is 13.0 Å². The predicted octanol–water partition coefficient (Wildman–Crippen LogP) is 4.64. The van der Waals surface area contributed by atoms with Crippen LogP contribution in [0.4, 0.5) is 0 Å². The number of esters is 1. The summed E-state index contributed by atoms with van der Waals surface area (Å²) in [6.45, 7) is 2.68. The van der Waals surface area contributed by atoms with Gasteiger partial charge >= 0.3 is 5.97 Å². The van der Waals surface area contributed by atoms with Gasteiger partial charge in [-0.15, -0.1) is 0 Å². The van der Waals surface area contributed by atoms with E-state index in [4.69, 9.17) is 21.1 Å². The Balaban J connectivity index is 2.09. The second-order valence-corrected chi connectivity index (χ2v) is 5.37. The summed E-state index contributed by atoms with van der Waals surface area (Å²) in [4.78, 5) is 12.1. The van der Waals surface area contributed by atoms with Crippen molar-refractivity contribution in [2.24, 2.45) is 0 Å². The maximum atomic E-state index is 12.1. The lowest BCUT2D eigenvalue weighted by atomic mass is 10.1. The Kier molecular flexibility index (Phi) is 6.41. The van der Waals surface area contributed by atoms with Crippen LogP contribution in [0.1, 0.15) is 18.9 Å². The van der Waals surface area contributed by atoms with Crippen molar-refractivity contribution in [1.29, 1.82) is 5.26 Å². The first kappa shape index (κ1) is 17.6. The maximum Gasteiger partial charge on any atom is 0.354 e. The molecule has 0 radical (unpaired) electrons. The number of nitrogens with zero attached hydrogens (tertiary/aromatic N) is 1. The van der Waals surface area contributed by atoms with E-state index in [1.165, 1.54) is 6.08 Å². The van der Waals surface area contributed by atoms with Crippen LogP contribution < -0.4 is 9.47 Å². The number of rotatable bonds is 6. The molecule has 0 aromatic heterocycles. The van der Waals surface area contributed by atoms with Crippen molar-refractivity contribution in [2.45, 2.75) is 13.3 Å². The Morgan fingerprint density at radius 2 is 1.75 bits per heavy atom. The molecule has 5 heteroatoms. The minimum atomic E-state index is -0.717. The number of halogens is 1. The van der Waals surface area contributed by atoms with Crippen molar-refractivity contribution in [2.75, 3.05) is 6.61 Å². The Morgan fingerprint density at radius 1 is 1.12 bits per heavy atom. The van der Waals surface area contributed by atoms with Gasteiger partial charge in [0.25, 0.3) is 0 Å². The standard InChI is InChI=1S/C19H16ClNO3/c1-2-11-23-17-7-3-14(4-8-17)12-15(13-21)19(22)24-18-9-5-16(20)6-10-18/h3-10,12H,2,11H2,1H3/b15-12+. The fraction of sp³-hybridized carbons (Fsp3) is 0.158. The molecule has 0 fully saturated rings. The Hall–Kier alpha value is -2.77. The third-order valence-electron chi connectivity index (χ3n) is 3.03. The quantitative estimate of drug-likeness (QED) is 0.332. The molecule has 0 atom stereocenters. The third-order valence-corrected chi connectivity index (χ3v) is 3.28. The van der Waals surface area contributed by atoms with E-state index >= 15 is 0 Å². The van der Waals surface area contributed by atoms with E-state index in [9.17, 15) is 10.1 Å². The zero-order chi connectivity index (χ0) is 17.4. The molecule has 122 valence electrons. The van der Waals surface area contributed by atoms with Crippen molar-refractivity contribution in [3.05, 3.63) is 64.7 Å². The highest BCUT2D eigenvalue weighted by atomic mass is 35.5. The Labute approximate surface area is 145 Å². The van der Waals surface area contributed by atoms with Crippen LogP contribution in [0.2, 0.25) is 5.02 Å². The largest absolute Gasteiger partial charge is 0.494 e. The molecule has 24 heavy (non-hydrogen) atoms. The monoisotopic (exact) mass is 341 g/mol. The zero-order valence-electron chi connectivity index (χ0n) is 13.2. The summed E-state index contributed by atoms with van der Waals surface area (Å²) >= 11 is 5.78. The minimum Gasteiger partial charge on any atom is -0.494 e. The molecule has 4 nitrogen and oxygen atoms in total. The summed E-state index contributed by atoms with van der Waals surface area (Å²) in [7, 11) is 0. The smallest absolute Gasteiger partial charge is 0.354 e. The van der Waals surface area contributed by atoms with Gasteiger partial charge in [0, 0.05) is 5.02 Å². The van der Waals surface area contributed by atoms with Gasteiger partial charge in [0.05, 0.1) is 6.61 Å². The van der Waals surface area contributed by atoms with Crippen LogP contribution in [0.15, 0.2) is 54.1 Å². The normalized spacial score (nSPS) is 10.8. The van der Waals surface area contributed by atoms with Crippen LogP contribution >= 0.6 is 11.6 Å². The molecule has 2 aromatic carbocycles. The second kappa shape index (κ2) is 8.76. The molecular weight excluding hydrogens is 326 g/mol. The molecule has 0 saturated heterocycles. The first-order valence-corrected chi connectivity index (χ1v) is 7.82. The van der Waals surface area contributed by atoms with E-state index in [0.717, 1.165) is 12.2 Å². The average Bonchev–Trinajstić information content (AvgIpc) is 2.60. The minimum absolute atomic E-state index is 0.0906. The summed E-state index contributed by atoms with van der Waals surface area (Å²) in [6, 6.07) is 15.3. The molecule has 0 amide bonds. The topological polar surface area (TPSA) is 59.3 Å². The summed E-state index contributed by atoms with van der Waals surface area (Å²) in [5.41, 5.74) is 0.621. The molecule has 0 aliphatic carbocycles. The first-order chi connectivity index (χ1) is 11.6. The van der Waals surface area contributed by atoms with E-state index < -0.39 is 5.97 Å². The zero-order valence-corrected chi connectivity index (χ0v) is 13.9. The second-order valence-electron chi connectivity index (χ2n) is 4.93. The lowest BCUT2D eigenvalue weighted by Gasteiger charge is -2.05. The molecule has 2 rings (SSSR count). The highest BCUT2D eigenvalue weighted by molar-refractivity contribution is 6.30. The van der Waals surface area contributed by atoms with Crippen molar-refractivity contribution < 1.29 is 14.3 Å². The lowest BCUT2D eigenvalue weighted by molar-refractivity contribution is -0.129. The van der Waals surface area contributed by atoms with Crippen LogP contribution in [-0.4, -0.2) is 12.6 Å². The van der Waals surface area contributed by atoms with E-state index in [2.05, 4.69) is 0 Å². The highest BCUT2D eigenvalue weighted by Crippen LogP contribution is 2.18. The molecule has 0 N–H and O–H groups in total. The molecule has 0 unspecified atom stereocenters. The van der Waals surface area contributed by atoms with Gasteiger partial charge in [0.2, 0.25) is 0 Å². The van der Waals surface area contributed by atoms with E-state index in [-0.39, 0.29) is 5.57 Å². The summed E-state index contributed by atoms with van der Waals surface area (Å²) in [6.07, 6.45) is 2.40. The molecule has 0 saturated carbocycles. The molecule has 0 aliphatic heterocycles. The number of hydrogen-bond donors (Lipinski definition) is 0. The van der Waals surface area contributed by atoms with Crippen molar-refractivity contribution >= 4 is 23.6 Å². The molecular formula is C19H16ClNO3. The Morgan fingerprint density at radius 3 is 2.33 bits per heavy atom. The highest BCUT2D eigenvalue weighted by Gasteiger charge is 2.12. The van der Waals surface area contributed by atoms with Gasteiger partial charge in [0.1, 0.15) is 23.1 Å². The number of nitriles is 1. The van der Waals surface area contributed by atoms with Gasteiger partial charge in [-0.2, -0.15) is 5.26 Å². The van der Waals surface area contributed by atoms with Gasteiger partial charge in [-0.1, -0.05) is 30.7 Å². The van der Waals surface area contributed by atoms with Crippen LogP contribution in [0.5, 0.6) is 11.5 Å². The van der Waals surface area contributed by atoms with Crippen molar-refractivity contribution in [1.82, 2.24) is 0 Å². The SMILES string of the molecule is CCCOc1ccc(/C=C(\C#N)C(=O)Oc2ccc(Cl)cc2)cc1. The van der Waals surface area contributed by atoms with Gasteiger partial charge in [-0.3, -0.25) is 0 Å². The van der Waals surface area contributed by atoms with E-state index in [0.29, 0.717) is 22.9 Å². The number of hydrogen-bond acceptors (Lipinski definition) is 4. The number of benzene rings is 2. The predicted molar refractivity (Wildman–Crippen MR) is 92.9 cm³/mol. The van der Waals surface area contributed by atoms with Crippen molar-refractivity contribution in [3.63, 3.8) is 0 Å². The number of ether oxygens (including phenoxy) is 2. The fourth-order valence-corrected chi connectivity index (χ4v) is 1.97. The van der Waals surface area contributed by atoms with Gasteiger partial charge < -0.3 is 9.47 Å². The molecule has 0 spiro atoms. The summed E-state index contributed by atoms with van der Waals surface area (Å²) in [5, 5.41) is 9.72. The molecule has 0 aliphatic rings. The van der Waals surface area contributed by atoms with Crippen LogP contribution in [0, 0.1) is 11.3 Å². The third kappa shape index (κ3) is 5.15. The fourth-order valence-electron chi connectivity index (χ4n) is 1.85. The van der Waals surface area contributed by atoms with Gasteiger partial charge in [0.15, 0.2) is 0 Å². The first-order valence-electron chi connectivity index (χ1n) is 7.44. The number of carbonyl (C=O) groups is 1. The Bertz CT molecular complexity index is 759. The summed E-state index contributed by atoms with van der Waals surface area (Å²) in [5.74, 6) is 0.358. The van der Waals surface area contributed by atoms with Crippen molar-refractivity contribution in [3.8, 4) is 17.6 Å². The van der Waals surface area contributed by atoms with Crippen LogP contribution in [0.3, 0.4) is 0 Å². The average molecular weight is 342 g/mol. The molecule has 0 bridgehead atoms. The maximum absolute atomic E-state index is 12.1. The molecule has 0 heterocycles. The molecule has 2 aromatic rings.